The molecule has 3 rings (SSSR count). The van der Waals surface area contributed by atoms with Crippen LogP contribution in [0.15, 0.2) is 35.0 Å². The van der Waals surface area contributed by atoms with Crippen LogP contribution in [0.4, 0.5) is 5.69 Å². The normalized spacial score (nSPS) is 10.9. The van der Waals surface area contributed by atoms with Crippen molar-refractivity contribution >= 4 is 28.3 Å². The van der Waals surface area contributed by atoms with E-state index in [1.807, 2.05) is 17.8 Å². The van der Waals surface area contributed by atoms with Crippen molar-refractivity contribution in [1.29, 1.82) is 0 Å². The Morgan fingerprint density at radius 3 is 2.70 bits per heavy atom. The molecule has 0 atom stereocenters. The van der Waals surface area contributed by atoms with Gasteiger partial charge < -0.3 is 4.52 Å². The summed E-state index contributed by atoms with van der Waals surface area (Å²) < 4.78 is 8.22. The van der Waals surface area contributed by atoms with E-state index < -0.39 is 4.92 Å². The largest absolute Gasteiger partial charge is 0.339 e. The van der Waals surface area contributed by atoms with Crippen molar-refractivity contribution in [2.24, 2.45) is 0 Å². The molecule has 0 aliphatic heterocycles. The van der Waals surface area contributed by atoms with Crippen LogP contribution in [-0.2, 0) is 13.0 Å². The Hall–Kier alpha value is -2.30. The number of hydrogen-bond acceptors (Lipinski definition) is 6. The molecule has 8 nitrogen and oxygen atoms in total. The van der Waals surface area contributed by atoms with Crippen LogP contribution in [0.1, 0.15) is 11.6 Å². The second kappa shape index (κ2) is 6.44. The SMILES string of the molecule is Cc1c(I)cnn1CCc1nc(-c2ccc([N+](=O)[O-])cc2)no1. The Balaban J connectivity index is 1.70. The highest BCUT2D eigenvalue weighted by Crippen LogP contribution is 2.20. The number of non-ortho nitro benzene ring substituents is 1. The van der Waals surface area contributed by atoms with Gasteiger partial charge in [-0.3, -0.25) is 14.8 Å². The minimum atomic E-state index is -0.445. The summed E-state index contributed by atoms with van der Waals surface area (Å²) in [5.41, 5.74) is 1.80. The predicted octanol–water partition coefficient (Wildman–Crippen LogP) is 3.00. The highest BCUT2D eigenvalue weighted by Gasteiger charge is 2.12. The van der Waals surface area contributed by atoms with Gasteiger partial charge in [-0.2, -0.15) is 10.1 Å². The second-order valence-corrected chi connectivity index (χ2v) is 6.03. The van der Waals surface area contributed by atoms with Gasteiger partial charge in [0.1, 0.15) is 0 Å². The molecule has 2 heterocycles. The van der Waals surface area contributed by atoms with Crippen molar-refractivity contribution in [3.05, 3.63) is 55.7 Å². The first-order valence-corrected chi connectivity index (χ1v) is 7.88. The summed E-state index contributed by atoms with van der Waals surface area (Å²) in [6.07, 6.45) is 2.38. The van der Waals surface area contributed by atoms with Gasteiger partial charge in [0.2, 0.25) is 11.7 Å². The van der Waals surface area contributed by atoms with Gasteiger partial charge in [0, 0.05) is 29.8 Å². The van der Waals surface area contributed by atoms with E-state index in [0.29, 0.717) is 30.2 Å². The zero-order valence-electron chi connectivity index (χ0n) is 12.1. The Morgan fingerprint density at radius 2 is 2.09 bits per heavy atom. The number of nitro groups is 1. The van der Waals surface area contributed by atoms with Crippen molar-refractivity contribution in [2.75, 3.05) is 0 Å². The fourth-order valence-electron chi connectivity index (χ4n) is 2.06. The zero-order valence-corrected chi connectivity index (χ0v) is 14.3. The smallest absolute Gasteiger partial charge is 0.269 e. The molecule has 9 heteroatoms. The van der Waals surface area contributed by atoms with Crippen LogP contribution in [0.2, 0.25) is 0 Å². The van der Waals surface area contributed by atoms with Gasteiger partial charge in [0.05, 0.1) is 21.2 Å². The summed E-state index contributed by atoms with van der Waals surface area (Å²) >= 11 is 2.24. The molecule has 0 unspecified atom stereocenters. The van der Waals surface area contributed by atoms with Crippen molar-refractivity contribution < 1.29 is 9.45 Å². The Labute approximate surface area is 144 Å². The van der Waals surface area contributed by atoms with Gasteiger partial charge in [-0.05, 0) is 41.6 Å². The van der Waals surface area contributed by atoms with Gasteiger partial charge >= 0.3 is 0 Å². The van der Waals surface area contributed by atoms with Crippen molar-refractivity contribution in [1.82, 2.24) is 19.9 Å². The number of benzene rings is 1. The molecule has 0 aliphatic carbocycles. The van der Waals surface area contributed by atoms with Crippen molar-refractivity contribution in [2.45, 2.75) is 19.9 Å². The van der Waals surface area contributed by atoms with E-state index in [-0.39, 0.29) is 5.69 Å². The molecule has 0 N–H and O–H groups in total. The first-order chi connectivity index (χ1) is 11.0. The topological polar surface area (TPSA) is 99.9 Å². The molecule has 0 fully saturated rings. The molecule has 3 aromatic rings. The van der Waals surface area contributed by atoms with Crippen LogP contribution >= 0.6 is 22.6 Å². The Morgan fingerprint density at radius 1 is 1.35 bits per heavy atom. The van der Waals surface area contributed by atoms with E-state index in [1.54, 1.807) is 12.1 Å². The maximum atomic E-state index is 10.6. The number of aromatic nitrogens is 4. The standard InChI is InChI=1S/C14H12IN5O3/c1-9-12(15)8-16-19(9)7-6-13-17-14(18-23-13)10-2-4-11(5-3-10)20(21)22/h2-5,8H,6-7H2,1H3. The minimum absolute atomic E-state index is 0.0289. The van der Waals surface area contributed by atoms with Crippen LogP contribution < -0.4 is 0 Å². The molecule has 0 amide bonds. The molecular weight excluding hydrogens is 413 g/mol. The molecule has 1 aromatic carbocycles. The molecule has 118 valence electrons. The maximum Gasteiger partial charge on any atom is 0.269 e. The molecule has 0 saturated carbocycles. The first kappa shape index (κ1) is 15.6. The van der Waals surface area contributed by atoms with E-state index in [0.717, 1.165) is 9.26 Å². The summed E-state index contributed by atoms with van der Waals surface area (Å²) in [7, 11) is 0. The fourth-order valence-corrected chi connectivity index (χ4v) is 2.46. The lowest BCUT2D eigenvalue weighted by atomic mass is 10.2. The fraction of sp³-hybridized carbons (Fsp3) is 0.214. The van der Waals surface area contributed by atoms with Crippen LogP contribution in [0.5, 0.6) is 0 Å². The van der Waals surface area contributed by atoms with E-state index in [4.69, 9.17) is 4.52 Å². The summed E-state index contributed by atoms with van der Waals surface area (Å²) in [6.45, 7) is 2.65. The van der Waals surface area contributed by atoms with Crippen LogP contribution in [0, 0.1) is 20.6 Å². The molecule has 0 aliphatic rings. The molecule has 2 aromatic heterocycles. The number of halogens is 1. The van der Waals surface area contributed by atoms with Crippen LogP contribution in [0.3, 0.4) is 0 Å². The highest BCUT2D eigenvalue weighted by molar-refractivity contribution is 14.1. The number of aryl methyl sites for hydroxylation is 2. The summed E-state index contributed by atoms with van der Waals surface area (Å²) in [5.74, 6) is 0.921. The maximum absolute atomic E-state index is 10.6. The lowest BCUT2D eigenvalue weighted by Gasteiger charge is -2.01. The number of rotatable bonds is 5. The molecule has 0 radical (unpaired) electrons. The lowest BCUT2D eigenvalue weighted by Crippen LogP contribution is -2.05. The first-order valence-electron chi connectivity index (χ1n) is 6.80. The Bertz CT molecular complexity index is 840. The molecular formula is C14H12IN5O3. The van der Waals surface area contributed by atoms with Gasteiger partial charge in [0.15, 0.2) is 0 Å². The van der Waals surface area contributed by atoms with Crippen molar-refractivity contribution in [3.8, 4) is 11.4 Å². The minimum Gasteiger partial charge on any atom is -0.339 e. The third-order valence-electron chi connectivity index (χ3n) is 3.39. The molecule has 0 saturated heterocycles. The van der Waals surface area contributed by atoms with Gasteiger partial charge in [-0.25, -0.2) is 0 Å². The van der Waals surface area contributed by atoms with E-state index in [2.05, 4.69) is 37.8 Å². The van der Waals surface area contributed by atoms with Gasteiger partial charge in [0.25, 0.3) is 5.69 Å². The average Bonchev–Trinajstić information content (AvgIpc) is 3.14. The molecule has 23 heavy (non-hydrogen) atoms. The quantitative estimate of drug-likeness (QED) is 0.354. The summed E-state index contributed by atoms with van der Waals surface area (Å²) in [4.78, 5) is 14.5. The third kappa shape index (κ3) is 3.38. The monoisotopic (exact) mass is 425 g/mol. The highest BCUT2D eigenvalue weighted by atomic mass is 127. The van der Waals surface area contributed by atoms with E-state index in [9.17, 15) is 10.1 Å². The number of nitro benzene ring substituents is 1. The zero-order chi connectivity index (χ0) is 16.4. The average molecular weight is 425 g/mol. The number of hydrogen-bond donors (Lipinski definition) is 0. The summed E-state index contributed by atoms with van der Waals surface area (Å²) in [5, 5.41) is 18.8. The van der Waals surface area contributed by atoms with E-state index in [1.165, 1.54) is 12.1 Å². The van der Waals surface area contributed by atoms with Crippen molar-refractivity contribution in [3.63, 3.8) is 0 Å². The van der Waals surface area contributed by atoms with E-state index >= 15 is 0 Å². The molecule has 0 bridgehead atoms. The predicted molar refractivity (Wildman–Crippen MR) is 89.8 cm³/mol. The summed E-state index contributed by atoms with van der Waals surface area (Å²) in [6, 6.07) is 6.04. The Kier molecular flexibility index (Phi) is 4.37. The van der Waals surface area contributed by atoms with Crippen LogP contribution in [0.25, 0.3) is 11.4 Å². The van der Waals surface area contributed by atoms with Gasteiger partial charge in [-0.1, -0.05) is 5.16 Å². The van der Waals surface area contributed by atoms with Crippen LogP contribution in [-0.4, -0.2) is 24.8 Å². The third-order valence-corrected chi connectivity index (χ3v) is 4.44. The lowest BCUT2D eigenvalue weighted by molar-refractivity contribution is -0.384. The molecule has 0 spiro atoms. The second-order valence-electron chi connectivity index (χ2n) is 4.87. The number of nitrogens with zero attached hydrogens (tertiary/aromatic N) is 5. The van der Waals surface area contributed by atoms with Gasteiger partial charge in [-0.15, -0.1) is 0 Å².